The first-order chi connectivity index (χ1) is 9.28. The summed E-state index contributed by atoms with van der Waals surface area (Å²) in [4.78, 5) is 14.5. The van der Waals surface area contributed by atoms with Crippen molar-refractivity contribution in [3.63, 3.8) is 0 Å². The zero-order valence-electron chi connectivity index (χ0n) is 11.1. The summed E-state index contributed by atoms with van der Waals surface area (Å²) in [6.45, 7) is 2.06. The Hall–Kier alpha value is -1.62. The molecule has 3 rings (SSSR count). The van der Waals surface area contributed by atoms with E-state index in [1.807, 2.05) is 19.2 Å². The maximum absolute atomic E-state index is 4.73. The lowest BCUT2D eigenvalue weighted by Crippen LogP contribution is -2.04. The fourth-order valence-electron chi connectivity index (χ4n) is 1.90. The molecule has 1 N–H and O–H groups in total. The van der Waals surface area contributed by atoms with Crippen molar-refractivity contribution in [3.05, 3.63) is 35.9 Å². The molecule has 1 saturated carbocycles. The summed E-state index contributed by atoms with van der Waals surface area (Å²) in [6, 6.07) is 4.00. The van der Waals surface area contributed by atoms with Crippen molar-refractivity contribution < 1.29 is 0 Å². The van der Waals surface area contributed by atoms with Gasteiger partial charge >= 0.3 is 0 Å². The van der Waals surface area contributed by atoms with Crippen LogP contribution in [0.15, 0.2) is 34.4 Å². The molecule has 0 atom stereocenters. The van der Waals surface area contributed by atoms with Crippen LogP contribution in [0, 0.1) is 6.92 Å². The van der Waals surface area contributed by atoms with Crippen LogP contribution < -0.4 is 5.32 Å². The number of anilines is 1. The number of nitrogens with one attached hydrogen (secondary N) is 1. The van der Waals surface area contributed by atoms with E-state index in [0.29, 0.717) is 5.92 Å². The standard InChI is InChI=1S/C14H16N4S/c1-9-12(15-2)17-13(10-3-4-10)18-14(9)19-11-5-7-16-8-6-11/h5-8,10H,3-4H2,1-2H3,(H,15,17,18). The van der Waals surface area contributed by atoms with Gasteiger partial charge in [-0.25, -0.2) is 9.97 Å². The lowest BCUT2D eigenvalue weighted by atomic mass is 10.3. The molecule has 19 heavy (non-hydrogen) atoms. The van der Waals surface area contributed by atoms with Crippen LogP contribution in [-0.4, -0.2) is 22.0 Å². The van der Waals surface area contributed by atoms with Gasteiger partial charge in [0.1, 0.15) is 16.7 Å². The molecule has 2 aromatic rings. The van der Waals surface area contributed by atoms with Gasteiger partial charge in [0.15, 0.2) is 0 Å². The number of hydrogen-bond acceptors (Lipinski definition) is 5. The Morgan fingerprint density at radius 1 is 1.21 bits per heavy atom. The van der Waals surface area contributed by atoms with E-state index in [4.69, 9.17) is 4.98 Å². The van der Waals surface area contributed by atoms with Gasteiger partial charge in [-0.1, -0.05) is 11.8 Å². The maximum atomic E-state index is 4.73. The monoisotopic (exact) mass is 272 g/mol. The van der Waals surface area contributed by atoms with E-state index in [-0.39, 0.29) is 0 Å². The van der Waals surface area contributed by atoms with Crippen LogP contribution in [-0.2, 0) is 0 Å². The van der Waals surface area contributed by atoms with Crippen LogP contribution in [0.5, 0.6) is 0 Å². The van der Waals surface area contributed by atoms with Crippen molar-refractivity contribution in [1.82, 2.24) is 15.0 Å². The quantitative estimate of drug-likeness (QED) is 0.866. The Balaban J connectivity index is 1.97. The van der Waals surface area contributed by atoms with Gasteiger partial charge in [-0.2, -0.15) is 0 Å². The molecule has 2 aromatic heterocycles. The largest absolute Gasteiger partial charge is 0.373 e. The second-order valence-electron chi connectivity index (χ2n) is 4.67. The van der Waals surface area contributed by atoms with Gasteiger partial charge < -0.3 is 5.32 Å². The Morgan fingerprint density at radius 3 is 2.58 bits per heavy atom. The van der Waals surface area contributed by atoms with Gasteiger partial charge in [0.25, 0.3) is 0 Å². The van der Waals surface area contributed by atoms with Gasteiger partial charge in [-0.05, 0) is 31.9 Å². The molecule has 98 valence electrons. The average molecular weight is 272 g/mol. The summed E-state index contributed by atoms with van der Waals surface area (Å²) in [7, 11) is 1.91. The van der Waals surface area contributed by atoms with Crippen LogP contribution in [0.3, 0.4) is 0 Å². The first-order valence-electron chi connectivity index (χ1n) is 6.42. The zero-order chi connectivity index (χ0) is 13.2. The molecule has 0 saturated heterocycles. The normalized spacial score (nSPS) is 14.4. The molecule has 2 heterocycles. The average Bonchev–Trinajstić information content (AvgIpc) is 3.27. The molecule has 0 unspecified atom stereocenters. The van der Waals surface area contributed by atoms with E-state index in [2.05, 4.69) is 22.2 Å². The topological polar surface area (TPSA) is 50.7 Å². The van der Waals surface area contributed by atoms with Crippen LogP contribution in [0.25, 0.3) is 0 Å². The summed E-state index contributed by atoms with van der Waals surface area (Å²) in [5.74, 6) is 2.48. The molecule has 5 heteroatoms. The molecule has 1 aliphatic rings. The molecule has 0 spiro atoms. The molecule has 1 fully saturated rings. The number of rotatable bonds is 4. The Kier molecular flexibility index (Phi) is 3.38. The van der Waals surface area contributed by atoms with Crippen LogP contribution >= 0.6 is 11.8 Å². The minimum absolute atomic E-state index is 0.560. The predicted molar refractivity (Wildman–Crippen MR) is 76.7 cm³/mol. The van der Waals surface area contributed by atoms with E-state index >= 15 is 0 Å². The second kappa shape index (κ2) is 5.17. The minimum atomic E-state index is 0.560. The highest BCUT2D eigenvalue weighted by Gasteiger charge is 2.28. The summed E-state index contributed by atoms with van der Waals surface area (Å²) in [5, 5.41) is 4.20. The van der Waals surface area contributed by atoms with E-state index in [1.165, 1.54) is 12.8 Å². The number of nitrogens with zero attached hydrogens (tertiary/aromatic N) is 3. The lowest BCUT2D eigenvalue weighted by molar-refractivity contribution is 0.865. The maximum Gasteiger partial charge on any atom is 0.135 e. The predicted octanol–water partition coefficient (Wildman–Crippen LogP) is 3.25. The molecule has 0 bridgehead atoms. The van der Waals surface area contributed by atoms with Crippen molar-refractivity contribution in [2.45, 2.75) is 35.6 Å². The summed E-state index contributed by atoms with van der Waals surface area (Å²) >= 11 is 1.67. The van der Waals surface area contributed by atoms with Crippen molar-refractivity contribution >= 4 is 17.6 Å². The summed E-state index contributed by atoms with van der Waals surface area (Å²) in [6.07, 6.45) is 6.04. The molecule has 0 amide bonds. The fourth-order valence-corrected chi connectivity index (χ4v) is 2.77. The van der Waals surface area contributed by atoms with Crippen molar-refractivity contribution in [2.24, 2.45) is 0 Å². The van der Waals surface area contributed by atoms with E-state index in [1.54, 1.807) is 24.2 Å². The third-order valence-corrected chi connectivity index (χ3v) is 4.26. The highest BCUT2D eigenvalue weighted by atomic mass is 32.2. The third kappa shape index (κ3) is 2.71. The smallest absolute Gasteiger partial charge is 0.135 e. The Morgan fingerprint density at radius 2 is 1.95 bits per heavy atom. The molecular weight excluding hydrogens is 256 g/mol. The first kappa shape index (κ1) is 12.4. The van der Waals surface area contributed by atoms with E-state index in [9.17, 15) is 0 Å². The highest BCUT2D eigenvalue weighted by molar-refractivity contribution is 7.99. The van der Waals surface area contributed by atoms with Crippen molar-refractivity contribution in [3.8, 4) is 0 Å². The Bertz CT molecular complexity index is 581. The van der Waals surface area contributed by atoms with Gasteiger partial charge in [0, 0.05) is 35.8 Å². The number of aromatic nitrogens is 3. The number of pyridine rings is 1. The molecule has 0 radical (unpaired) electrons. The third-order valence-electron chi connectivity index (χ3n) is 3.16. The molecule has 0 aliphatic heterocycles. The van der Waals surface area contributed by atoms with Crippen molar-refractivity contribution in [1.29, 1.82) is 0 Å². The van der Waals surface area contributed by atoms with E-state index < -0.39 is 0 Å². The van der Waals surface area contributed by atoms with Gasteiger partial charge in [-0.3, -0.25) is 4.98 Å². The summed E-state index contributed by atoms with van der Waals surface area (Å²) in [5.41, 5.74) is 1.11. The molecule has 4 nitrogen and oxygen atoms in total. The van der Waals surface area contributed by atoms with Gasteiger partial charge in [0.2, 0.25) is 0 Å². The minimum Gasteiger partial charge on any atom is -0.373 e. The van der Waals surface area contributed by atoms with Gasteiger partial charge in [-0.15, -0.1) is 0 Å². The second-order valence-corrected chi connectivity index (χ2v) is 5.73. The first-order valence-corrected chi connectivity index (χ1v) is 7.23. The molecule has 0 aromatic carbocycles. The summed E-state index contributed by atoms with van der Waals surface area (Å²) < 4.78 is 0. The zero-order valence-corrected chi connectivity index (χ0v) is 11.9. The lowest BCUT2D eigenvalue weighted by Gasteiger charge is -2.11. The van der Waals surface area contributed by atoms with Gasteiger partial charge in [0.05, 0.1) is 0 Å². The SMILES string of the molecule is CNc1nc(C2CC2)nc(Sc2ccncc2)c1C. The fraction of sp³-hybridized carbons (Fsp3) is 0.357. The number of hydrogen-bond donors (Lipinski definition) is 1. The molecular formula is C14H16N4S. The molecule has 1 aliphatic carbocycles. The van der Waals surface area contributed by atoms with Crippen LogP contribution in [0.2, 0.25) is 0 Å². The van der Waals surface area contributed by atoms with Crippen molar-refractivity contribution in [2.75, 3.05) is 12.4 Å². The van der Waals surface area contributed by atoms with Crippen LogP contribution in [0.1, 0.15) is 30.1 Å². The Labute approximate surface area is 117 Å². The van der Waals surface area contributed by atoms with E-state index in [0.717, 1.165) is 27.1 Å². The van der Waals surface area contributed by atoms with Crippen LogP contribution in [0.4, 0.5) is 5.82 Å². The highest BCUT2D eigenvalue weighted by Crippen LogP contribution is 2.40.